The third-order valence-electron chi connectivity index (χ3n) is 5.72. The molecule has 1 aromatic carbocycles. The molecule has 0 aliphatic carbocycles. The van der Waals surface area contributed by atoms with Gasteiger partial charge in [-0.2, -0.15) is 13.2 Å². The summed E-state index contributed by atoms with van der Waals surface area (Å²) in [5, 5.41) is -0.646. The molecule has 4 rings (SSSR count). The first-order valence-corrected chi connectivity index (χ1v) is 9.41. The van der Waals surface area contributed by atoms with Crippen molar-refractivity contribution in [3.8, 4) is 0 Å². The second kappa shape index (κ2) is 4.66. The van der Waals surface area contributed by atoms with E-state index in [-0.39, 0.29) is 29.8 Å². The van der Waals surface area contributed by atoms with Crippen LogP contribution in [0.25, 0.3) is 0 Å². The number of fused-ring (bicyclic) bond motifs is 5. The lowest BCUT2D eigenvalue weighted by atomic mass is 9.79. The van der Waals surface area contributed by atoms with Gasteiger partial charge >= 0.3 is 6.18 Å². The lowest BCUT2D eigenvalue weighted by molar-refractivity contribution is -0.138. The predicted octanol–water partition coefficient (Wildman–Crippen LogP) is 3.10. The van der Waals surface area contributed by atoms with Gasteiger partial charge in [-0.1, -0.05) is 6.07 Å². The van der Waals surface area contributed by atoms with Crippen LogP contribution in [0.4, 0.5) is 18.9 Å². The average molecular weight is 361 g/mol. The van der Waals surface area contributed by atoms with E-state index in [0.29, 0.717) is 6.42 Å². The summed E-state index contributed by atoms with van der Waals surface area (Å²) in [6.07, 6.45) is -3.37. The highest BCUT2D eigenvalue weighted by molar-refractivity contribution is 7.93. The number of nitrogens with zero attached hydrogens (tertiary/aromatic N) is 1. The molecular formula is C16H18F3NO3S. The summed E-state index contributed by atoms with van der Waals surface area (Å²) in [7, 11) is -3.72. The molecule has 0 aromatic heterocycles. The van der Waals surface area contributed by atoms with E-state index in [0.717, 1.165) is 16.8 Å². The largest absolute Gasteiger partial charge is 0.416 e. The molecule has 2 bridgehead atoms. The van der Waals surface area contributed by atoms with E-state index in [2.05, 4.69) is 0 Å². The summed E-state index contributed by atoms with van der Waals surface area (Å²) in [5.74, 6) is -0.197. The molecule has 132 valence electrons. The van der Waals surface area contributed by atoms with E-state index in [1.165, 1.54) is 19.1 Å². The maximum Gasteiger partial charge on any atom is 0.416 e. The van der Waals surface area contributed by atoms with Crippen LogP contribution in [-0.4, -0.2) is 31.9 Å². The minimum Gasteiger partial charge on any atom is -0.370 e. The molecule has 8 heteroatoms. The van der Waals surface area contributed by atoms with E-state index < -0.39 is 32.6 Å². The number of aryl methyl sites for hydroxylation is 1. The number of ether oxygens (including phenoxy) is 1. The first kappa shape index (κ1) is 16.2. The summed E-state index contributed by atoms with van der Waals surface area (Å²) in [5.41, 5.74) is -1.12. The van der Waals surface area contributed by atoms with Crippen LogP contribution in [0.2, 0.25) is 0 Å². The van der Waals surface area contributed by atoms with Crippen LogP contribution in [-0.2, 0) is 20.9 Å². The van der Waals surface area contributed by atoms with Crippen molar-refractivity contribution in [1.82, 2.24) is 0 Å². The van der Waals surface area contributed by atoms with Crippen LogP contribution in [0, 0.1) is 12.8 Å². The molecule has 3 aliphatic heterocycles. The fourth-order valence-electron chi connectivity index (χ4n) is 4.45. The maximum absolute atomic E-state index is 13.1. The molecule has 3 fully saturated rings. The topological polar surface area (TPSA) is 46.6 Å². The fraction of sp³-hybridized carbons (Fsp3) is 0.625. The molecule has 0 amide bonds. The van der Waals surface area contributed by atoms with Gasteiger partial charge in [-0.25, -0.2) is 8.42 Å². The number of sulfonamides is 1. The number of hydrogen-bond acceptors (Lipinski definition) is 3. The average Bonchev–Trinajstić information content (AvgIpc) is 3.06. The molecular weight excluding hydrogens is 343 g/mol. The number of alkyl halides is 3. The highest BCUT2D eigenvalue weighted by atomic mass is 32.2. The van der Waals surface area contributed by atoms with Crippen LogP contribution < -0.4 is 4.31 Å². The monoisotopic (exact) mass is 361 g/mol. The van der Waals surface area contributed by atoms with Crippen LogP contribution >= 0.6 is 0 Å². The molecule has 0 N–H and O–H groups in total. The van der Waals surface area contributed by atoms with E-state index in [9.17, 15) is 21.6 Å². The highest BCUT2D eigenvalue weighted by Crippen LogP contribution is 2.54. The molecule has 4 nitrogen and oxygen atoms in total. The Morgan fingerprint density at radius 1 is 1.33 bits per heavy atom. The van der Waals surface area contributed by atoms with Crippen molar-refractivity contribution in [3.05, 3.63) is 29.3 Å². The van der Waals surface area contributed by atoms with Crippen molar-refractivity contribution >= 4 is 15.7 Å². The minimum atomic E-state index is -4.51. The van der Waals surface area contributed by atoms with Crippen molar-refractivity contribution in [3.63, 3.8) is 0 Å². The first-order valence-electron chi connectivity index (χ1n) is 7.91. The Balaban J connectivity index is 1.77. The fourth-order valence-corrected chi connectivity index (χ4v) is 6.89. The van der Waals surface area contributed by atoms with Gasteiger partial charge < -0.3 is 4.74 Å². The molecule has 0 radical (unpaired) electrons. The Bertz CT molecular complexity index is 807. The molecule has 24 heavy (non-hydrogen) atoms. The van der Waals surface area contributed by atoms with Gasteiger partial charge in [0.1, 0.15) is 5.25 Å². The Hall–Kier alpha value is -1.28. The van der Waals surface area contributed by atoms with Crippen LogP contribution in [0.15, 0.2) is 18.2 Å². The van der Waals surface area contributed by atoms with E-state index in [1.807, 2.05) is 6.92 Å². The van der Waals surface area contributed by atoms with Crippen molar-refractivity contribution in [2.45, 2.75) is 49.8 Å². The van der Waals surface area contributed by atoms with E-state index >= 15 is 0 Å². The zero-order valence-electron chi connectivity index (χ0n) is 13.3. The number of halogens is 3. The first-order chi connectivity index (χ1) is 11.0. The van der Waals surface area contributed by atoms with Gasteiger partial charge in [0.2, 0.25) is 10.0 Å². The summed E-state index contributed by atoms with van der Waals surface area (Å²) < 4.78 is 72.3. The quantitative estimate of drug-likeness (QED) is 0.772. The highest BCUT2D eigenvalue weighted by Gasteiger charge is 2.66. The van der Waals surface area contributed by atoms with Crippen molar-refractivity contribution in [1.29, 1.82) is 0 Å². The molecule has 1 aromatic rings. The second-order valence-corrected chi connectivity index (χ2v) is 9.17. The van der Waals surface area contributed by atoms with Gasteiger partial charge in [0.25, 0.3) is 0 Å². The van der Waals surface area contributed by atoms with Crippen LogP contribution in [0.3, 0.4) is 0 Å². The predicted molar refractivity (Wildman–Crippen MR) is 82.2 cm³/mol. The van der Waals surface area contributed by atoms with E-state index in [4.69, 9.17) is 4.74 Å². The minimum absolute atomic E-state index is 0.0819. The Morgan fingerprint density at radius 2 is 2.04 bits per heavy atom. The summed E-state index contributed by atoms with van der Waals surface area (Å²) in [4.78, 5) is 0. The second-order valence-electron chi connectivity index (χ2n) is 7.15. The Labute approximate surface area is 138 Å². The van der Waals surface area contributed by atoms with Gasteiger partial charge in [-0.3, -0.25) is 4.31 Å². The number of benzene rings is 1. The van der Waals surface area contributed by atoms with Gasteiger partial charge in [-0.05, 0) is 44.4 Å². The normalized spacial score (nSPS) is 37.0. The Kier molecular flexibility index (Phi) is 3.15. The summed E-state index contributed by atoms with van der Waals surface area (Å²) in [6, 6.07) is 3.72. The SMILES string of the molecule is Cc1ccc(N2C[C@@H]3[C@@H]([C@@H]4CC[C@@]3(C)O4)S2(=O)=O)cc1C(F)(F)F. The van der Waals surface area contributed by atoms with Gasteiger partial charge in [-0.15, -0.1) is 0 Å². The van der Waals surface area contributed by atoms with Gasteiger partial charge in [0.05, 0.1) is 23.0 Å². The number of rotatable bonds is 1. The molecule has 4 atom stereocenters. The van der Waals surface area contributed by atoms with E-state index in [1.54, 1.807) is 0 Å². The zero-order chi connectivity index (χ0) is 17.5. The summed E-state index contributed by atoms with van der Waals surface area (Å²) >= 11 is 0. The third kappa shape index (κ3) is 2.05. The lowest BCUT2D eigenvalue weighted by Gasteiger charge is -2.27. The molecule has 3 aliphatic rings. The van der Waals surface area contributed by atoms with Crippen molar-refractivity contribution in [2.75, 3.05) is 10.8 Å². The van der Waals surface area contributed by atoms with Crippen molar-refractivity contribution in [2.24, 2.45) is 5.92 Å². The zero-order valence-corrected chi connectivity index (χ0v) is 14.1. The molecule has 3 saturated heterocycles. The van der Waals surface area contributed by atoms with Crippen LogP contribution in [0.5, 0.6) is 0 Å². The lowest BCUT2D eigenvalue weighted by Crippen LogP contribution is -2.38. The van der Waals surface area contributed by atoms with Gasteiger partial charge in [0.15, 0.2) is 0 Å². The van der Waals surface area contributed by atoms with Gasteiger partial charge in [0, 0.05) is 12.5 Å². The molecule has 0 unspecified atom stereocenters. The van der Waals surface area contributed by atoms with Crippen molar-refractivity contribution < 1.29 is 26.3 Å². The molecule has 0 spiro atoms. The third-order valence-corrected chi connectivity index (χ3v) is 8.02. The molecule has 3 heterocycles. The standard InChI is InChI=1S/C16H18F3NO3S/c1-9-3-4-10(7-11(9)16(17,18)19)20-8-12-14(24(20,21)22)13-5-6-15(12,2)23-13/h3-4,7,12-14H,5-6,8H2,1-2H3/t12-,13+,14+,15-/m1/s1. The molecule has 0 saturated carbocycles. The Morgan fingerprint density at radius 3 is 2.67 bits per heavy atom. The maximum atomic E-state index is 13.1. The smallest absolute Gasteiger partial charge is 0.370 e. The number of hydrogen-bond donors (Lipinski definition) is 0. The van der Waals surface area contributed by atoms with Crippen LogP contribution in [0.1, 0.15) is 30.9 Å². The number of anilines is 1. The summed E-state index contributed by atoms with van der Waals surface area (Å²) in [6.45, 7) is 3.46.